The number of benzene rings is 2. The van der Waals surface area contributed by atoms with E-state index in [-0.39, 0.29) is 30.5 Å². The molecule has 1 atom stereocenters. The minimum atomic E-state index is -0.257. The molecule has 184 valence electrons. The summed E-state index contributed by atoms with van der Waals surface area (Å²) in [5.74, 6) is 0.349. The number of aryl methyl sites for hydroxylation is 1. The van der Waals surface area contributed by atoms with Crippen molar-refractivity contribution in [2.45, 2.75) is 51.6 Å². The first-order chi connectivity index (χ1) is 17.0. The van der Waals surface area contributed by atoms with Crippen LogP contribution in [0.15, 0.2) is 48.5 Å². The molecule has 2 aliphatic rings. The Labute approximate surface area is 204 Å². The van der Waals surface area contributed by atoms with Crippen LogP contribution in [0.2, 0.25) is 0 Å². The first-order valence-corrected chi connectivity index (χ1v) is 12.0. The van der Waals surface area contributed by atoms with Gasteiger partial charge in [-0.3, -0.25) is 9.69 Å². The molecule has 35 heavy (non-hydrogen) atoms. The summed E-state index contributed by atoms with van der Waals surface area (Å²) in [7, 11) is 0. The Bertz CT molecular complexity index is 1140. The van der Waals surface area contributed by atoms with Gasteiger partial charge in [-0.2, -0.15) is 0 Å². The van der Waals surface area contributed by atoms with Crippen molar-refractivity contribution < 1.29 is 18.7 Å². The highest BCUT2D eigenvalue weighted by molar-refractivity contribution is 5.77. The number of likely N-dealkylation sites (tertiary alicyclic amines) is 1. The molecular formula is C26H30FN5O3. The summed E-state index contributed by atoms with van der Waals surface area (Å²) >= 11 is 0. The number of nitrogens with one attached hydrogen (secondary N) is 1. The zero-order valence-electron chi connectivity index (χ0n) is 19.8. The van der Waals surface area contributed by atoms with Crippen LogP contribution in [0.25, 0.3) is 0 Å². The minimum absolute atomic E-state index is 0.0225. The van der Waals surface area contributed by atoms with Crippen LogP contribution >= 0.6 is 0 Å². The molecule has 2 aromatic carbocycles. The normalized spacial score (nSPS) is 18.7. The number of piperidine rings is 1. The Morgan fingerprint density at radius 2 is 1.89 bits per heavy atom. The maximum Gasteiger partial charge on any atom is 0.258 e. The van der Waals surface area contributed by atoms with Crippen molar-refractivity contribution in [3.8, 4) is 5.75 Å². The average Bonchev–Trinajstić information content (AvgIpc) is 3.27. The number of nitrogens with zero attached hydrogens (tertiary/aromatic N) is 4. The molecule has 0 radical (unpaired) electrons. The van der Waals surface area contributed by atoms with Gasteiger partial charge in [0.1, 0.15) is 23.4 Å². The van der Waals surface area contributed by atoms with Crippen molar-refractivity contribution in [3.05, 3.63) is 76.9 Å². The van der Waals surface area contributed by atoms with E-state index in [1.807, 2.05) is 35.9 Å². The molecule has 0 saturated carbocycles. The van der Waals surface area contributed by atoms with Crippen LogP contribution in [-0.2, 0) is 29.2 Å². The van der Waals surface area contributed by atoms with Crippen molar-refractivity contribution in [2.24, 2.45) is 0 Å². The Morgan fingerprint density at radius 1 is 1.14 bits per heavy atom. The van der Waals surface area contributed by atoms with E-state index in [0.29, 0.717) is 25.4 Å². The number of halogens is 1. The highest BCUT2D eigenvalue weighted by Gasteiger charge is 2.27. The van der Waals surface area contributed by atoms with Gasteiger partial charge in [0, 0.05) is 25.7 Å². The Hall–Kier alpha value is -3.30. The van der Waals surface area contributed by atoms with E-state index in [1.54, 1.807) is 12.1 Å². The number of hydrogen-bond donors (Lipinski definition) is 1. The maximum atomic E-state index is 13.2. The second kappa shape index (κ2) is 10.5. The van der Waals surface area contributed by atoms with Gasteiger partial charge in [0.2, 0.25) is 0 Å². The van der Waals surface area contributed by atoms with Gasteiger partial charge < -0.3 is 14.8 Å². The van der Waals surface area contributed by atoms with Gasteiger partial charge in [0.15, 0.2) is 6.61 Å². The fourth-order valence-corrected chi connectivity index (χ4v) is 4.56. The zero-order valence-corrected chi connectivity index (χ0v) is 19.8. The number of ether oxygens (including phenoxy) is 2. The lowest BCUT2D eigenvalue weighted by Gasteiger charge is -2.32. The predicted octanol–water partition coefficient (Wildman–Crippen LogP) is 3.16. The standard InChI is InChI=1S/C26H30FN5O3/c1-18-2-8-22(9-3-18)34-17-26(33)28-21-10-12-31(13-11-21)14-23-24-16-35-25(15-32(24)30-29-23)19-4-6-20(27)7-5-19/h2-9,21,25H,10-17H2,1H3,(H,28,33). The van der Waals surface area contributed by atoms with Crippen LogP contribution in [0.1, 0.15) is 41.5 Å². The molecule has 1 fully saturated rings. The molecule has 1 aromatic heterocycles. The zero-order chi connectivity index (χ0) is 24.2. The molecule has 1 unspecified atom stereocenters. The summed E-state index contributed by atoms with van der Waals surface area (Å²) in [6.45, 7) is 5.47. The third-order valence-corrected chi connectivity index (χ3v) is 6.64. The van der Waals surface area contributed by atoms with E-state index < -0.39 is 0 Å². The van der Waals surface area contributed by atoms with E-state index in [0.717, 1.165) is 48.4 Å². The number of aromatic nitrogens is 3. The molecule has 2 aliphatic heterocycles. The van der Waals surface area contributed by atoms with Crippen molar-refractivity contribution >= 4 is 5.91 Å². The number of carbonyl (C=O) groups is 1. The van der Waals surface area contributed by atoms with Crippen molar-refractivity contribution in [2.75, 3.05) is 19.7 Å². The molecule has 1 saturated heterocycles. The van der Waals surface area contributed by atoms with Gasteiger partial charge in [-0.15, -0.1) is 5.10 Å². The first-order valence-electron chi connectivity index (χ1n) is 12.0. The highest BCUT2D eigenvalue weighted by atomic mass is 19.1. The number of hydrogen-bond acceptors (Lipinski definition) is 6. The quantitative estimate of drug-likeness (QED) is 0.561. The third kappa shape index (κ3) is 5.86. The first kappa shape index (κ1) is 23.4. The second-order valence-corrected chi connectivity index (χ2v) is 9.24. The summed E-state index contributed by atoms with van der Waals surface area (Å²) in [5.41, 5.74) is 4.01. The van der Waals surface area contributed by atoms with Crippen LogP contribution in [0, 0.1) is 12.7 Å². The van der Waals surface area contributed by atoms with Gasteiger partial charge in [0.25, 0.3) is 5.91 Å². The molecule has 1 amide bonds. The molecular weight excluding hydrogens is 449 g/mol. The number of fused-ring (bicyclic) bond motifs is 1. The summed E-state index contributed by atoms with van der Waals surface area (Å²) in [6.07, 6.45) is 1.60. The van der Waals surface area contributed by atoms with Crippen molar-refractivity contribution in [3.63, 3.8) is 0 Å². The summed E-state index contributed by atoms with van der Waals surface area (Å²) in [4.78, 5) is 14.6. The fraction of sp³-hybridized carbons (Fsp3) is 0.423. The predicted molar refractivity (Wildman–Crippen MR) is 127 cm³/mol. The number of amides is 1. The molecule has 1 N–H and O–H groups in total. The van der Waals surface area contributed by atoms with Gasteiger partial charge in [-0.1, -0.05) is 35.0 Å². The summed E-state index contributed by atoms with van der Waals surface area (Å²) in [6, 6.07) is 14.2. The molecule has 0 spiro atoms. The molecule has 8 nitrogen and oxygen atoms in total. The van der Waals surface area contributed by atoms with E-state index in [9.17, 15) is 9.18 Å². The van der Waals surface area contributed by atoms with Gasteiger partial charge in [-0.25, -0.2) is 9.07 Å². The summed E-state index contributed by atoms with van der Waals surface area (Å²) in [5, 5.41) is 11.8. The van der Waals surface area contributed by atoms with E-state index in [1.165, 1.54) is 12.1 Å². The molecule has 3 heterocycles. The SMILES string of the molecule is Cc1ccc(OCC(=O)NC2CCN(Cc3nnn4c3COC(c3ccc(F)cc3)C4)CC2)cc1. The highest BCUT2D eigenvalue weighted by Crippen LogP contribution is 2.27. The average molecular weight is 480 g/mol. The van der Waals surface area contributed by atoms with Crippen LogP contribution in [0.5, 0.6) is 5.75 Å². The molecule has 5 rings (SSSR count). The number of carbonyl (C=O) groups excluding carboxylic acids is 1. The van der Waals surface area contributed by atoms with Gasteiger partial charge in [0.05, 0.1) is 18.8 Å². The van der Waals surface area contributed by atoms with E-state index in [4.69, 9.17) is 9.47 Å². The molecule has 0 aliphatic carbocycles. The molecule has 3 aromatic rings. The fourth-order valence-electron chi connectivity index (χ4n) is 4.56. The smallest absolute Gasteiger partial charge is 0.258 e. The Balaban J connectivity index is 1.07. The van der Waals surface area contributed by atoms with Crippen molar-refractivity contribution in [1.29, 1.82) is 0 Å². The minimum Gasteiger partial charge on any atom is -0.484 e. The topological polar surface area (TPSA) is 81.5 Å². The van der Waals surface area contributed by atoms with Crippen LogP contribution in [-0.4, -0.2) is 51.5 Å². The lowest BCUT2D eigenvalue weighted by molar-refractivity contribution is -0.124. The summed E-state index contributed by atoms with van der Waals surface area (Å²) < 4.78 is 26.7. The van der Waals surface area contributed by atoms with Gasteiger partial charge in [-0.05, 0) is 49.6 Å². The Kier molecular flexibility index (Phi) is 7.06. The third-order valence-electron chi connectivity index (χ3n) is 6.64. The Morgan fingerprint density at radius 3 is 2.63 bits per heavy atom. The lowest BCUT2D eigenvalue weighted by atomic mass is 10.0. The molecule has 0 bridgehead atoms. The maximum absolute atomic E-state index is 13.2. The van der Waals surface area contributed by atoms with E-state index in [2.05, 4.69) is 20.5 Å². The largest absolute Gasteiger partial charge is 0.484 e. The number of rotatable bonds is 7. The molecule has 9 heteroatoms. The van der Waals surface area contributed by atoms with Crippen LogP contribution in [0.4, 0.5) is 4.39 Å². The van der Waals surface area contributed by atoms with Crippen LogP contribution in [0.3, 0.4) is 0 Å². The van der Waals surface area contributed by atoms with Crippen LogP contribution < -0.4 is 10.1 Å². The van der Waals surface area contributed by atoms with E-state index >= 15 is 0 Å². The van der Waals surface area contributed by atoms with Gasteiger partial charge >= 0.3 is 0 Å². The monoisotopic (exact) mass is 479 g/mol. The lowest BCUT2D eigenvalue weighted by Crippen LogP contribution is -2.45. The van der Waals surface area contributed by atoms with Crippen molar-refractivity contribution in [1.82, 2.24) is 25.2 Å². The second-order valence-electron chi connectivity index (χ2n) is 9.24.